The smallest absolute Gasteiger partial charge is 0.0681 e. The lowest BCUT2D eigenvalue weighted by Crippen LogP contribution is -2.29. The summed E-state index contributed by atoms with van der Waals surface area (Å²) in [6.07, 6.45) is 1.52. The summed E-state index contributed by atoms with van der Waals surface area (Å²) in [6.45, 7) is 6.10. The minimum atomic E-state index is 0.0848. The molecule has 0 aliphatic heterocycles. The molecule has 98 valence electrons. The molecular weight excluding hydrogens is 224 g/mol. The molecule has 3 heteroatoms. The number of nitriles is 1. The van der Waals surface area contributed by atoms with E-state index in [0.29, 0.717) is 6.42 Å². The summed E-state index contributed by atoms with van der Waals surface area (Å²) in [5.74, 6) is 0. The zero-order chi connectivity index (χ0) is 13.4. The molecule has 0 saturated carbocycles. The van der Waals surface area contributed by atoms with Crippen molar-refractivity contribution in [2.45, 2.75) is 39.8 Å². The number of aliphatic hydroxyl groups is 1. The maximum atomic E-state index is 9.06. The van der Waals surface area contributed by atoms with Crippen molar-refractivity contribution in [3.8, 4) is 6.07 Å². The Morgan fingerprint density at radius 3 is 2.72 bits per heavy atom. The zero-order valence-corrected chi connectivity index (χ0v) is 11.2. The van der Waals surface area contributed by atoms with Crippen molar-refractivity contribution < 1.29 is 5.11 Å². The molecule has 0 atom stereocenters. The normalized spacial score (nSPS) is 11.2. The second-order valence-electron chi connectivity index (χ2n) is 5.40. The number of benzene rings is 1. The molecule has 0 bridgehead atoms. The predicted molar refractivity (Wildman–Crippen MR) is 72.7 cm³/mol. The molecular formula is C15H22N2O. The summed E-state index contributed by atoms with van der Waals surface area (Å²) in [5.41, 5.74) is 2.26. The lowest BCUT2D eigenvalue weighted by atomic mass is 9.88. The van der Waals surface area contributed by atoms with E-state index in [1.54, 1.807) is 0 Å². The molecule has 1 aromatic carbocycles. The first-order valence-corrected chi connectivity index (χ1v) is 6.34. The molecule has 0 spiro atoms. The average Bonchev–Trinajstić information content (AvgIpc) is 2.36. The van der Waals surface area contributed by atoms with Crippen LogP contribution in [0.15, 0.2) is 24.3 Å². The van der Waals surface area contributed by atoms with Crippen LogP contribution >= 0.6 is 0 Å². The standard InChI is InChI=1S/C15H22N2O/c1-15(2,7-4-8-16)12-17-10-13-5-3-6-14(9-13)11-18/h3,5-6,9,17-18H,4,7,10-12H2,1-2H3. The van der Waals surface area contributed by atoms with Crippen molar-refractivity contribution in [2.75, 3.05) is 6.54 Å². The van der Waals surface area contributed by atoms with Gasteiger partial charge in [-0.2, -0.15) is 5.26 Å². The van der Waals surface area contributed by atoms with Gasteiger partial charge >= 0.3 is 0 Å². The molecule has 0 aliphatic carbocycles. The van der Waals surface area contributed by atoms with Gasteiger partial charge in [-0.25, -0.2) is 0 Å². The van der Waals surface area contributed by atoms with Crippen LogP contribution in [0, 0.1) is 16.7 Å². The fraction of sp³-hybridized carbons (Fsp3) is 0.533. The van der Waals surface area contributed by atoms with Crippen molar-refractivity contribution in [2.24, 2.45) is 5.41 Å². The number of nitrogens with one attached hydrogen (secondary N) is 1. The highest BCUT2D eigenvalue weighted by Crippen LogP contribution is 2.20. The Morgan fingerprint density at radius 2 is 2.06 bits per heavy atom. The van der Waals surface area contributed by atoms with Crippen LogP contribution in [-0.4, -0.2) is 11.7 Å². The lowest BCUT2D eigenvalue weighted by Gasteiger charge is -2.23. The number of aliphatic hydroxyl groups excluding tert-OH is 1. The number of hydrogen-bond acceptors (Lipinski definition) is 3. The topological polar surface area (TPSA) is 56.0 Å². The van der Waals surface area contributed by atoms with Gasteiger partial charge < -0.3 is 10.4 Å². The highest BCUT2D eigenvalue weighted by Gasteiger charge is 2.16. The Kier molecular flexibility index (Phi) is 5.84. The van der Waals surface area contributed by atoms with Crippen molar-refractivity contribution in [1.82, 2.24) is 5.32 Å². The molecule has 18 heavy (non-hydrogen) atoms. The second-order valence-corrected chi connectivity index (χ2v) is 5.40. The summed E-state index contributed by atoms with van der Waals surface area (Å²) >= 11 is 0. The maximum absolute atomic E-state index is 9.06. The first-order valence-electron chi connectivity index (χ1n) is 6.34. The molecule has 0 amide bonds. The van der Waals surface area contributed by atoms with E-state index in [4.69, 9.17) is 10.4 Å². The molecule has 0 fully saturated rings. The fourth-order valence-corrected chi connectivity index (χ4v) is 1.87. The SMILES string of the molecule is CC(C)(CCC#N)CNCc1cccc(CO)c1. The van der Waals surface area contributed by atoms with Crippen molar-refractivity contribution in [3.05, 3.63) is 35.4 Å². The minimum absolute atomic E-state index is 0.0848. The Bertz CT molecular complexity index is 407. The van der Waals surface area contributed by atoms with Crippen LogP contribution in [0.25, 0.3) is 0 Å². The third kappa shape index (κ3) is 5.31. The van der Waals surface area contributed by atoms with Gasteiger partial charge in [0, 0.05) is 19.5 Å². The monoisotopic (exact) mass is 246 g/mol. The van der Waals surface area contributed by atoms with Gasteiger partial charge in [0.25, 0.3) is 0 Å². The summed E-state index contributed by atoms with van der Waals surface area (Å²) in [6, 6.07) is 10.1. The molecule has 0 saturated heterocycles. The van der Waals surface area contributed by atoms with E-state index in [0.717, 1.165) is 25.1 Å². The van der Waals surface area contributed by atoms with Gasteiger partial charge in [0.1, 0.15) is 0 Å². The van der Waals surface area contributed by atoms with Crippen molar-refractivity contribution >= 4 is 0 Å². The molecule has 0 aliphatic rings. The van der Waals surface area contributed by atoms with Gasteiger partial charge in [-0.15, -0.1) is 0 Å². The maximum Gasteiger partial charge on any atom is 0.0681 e. The van der Waals surface area contributed by atoms with Crippen LogP contribution in [0.1, 0.15) is 37.8 Å². The molecule has 3 nitrogen and oxygen atoms in total. The molecule has 2 N–H and O–H groups in total. The van der Waals surface area contributed by atoms with Gasteiger partial charge in [0.15, 0.2) is 0 Å². The van der Waals surface area contributed by atoms with E-state index in [-0.39, 0.29) is 12.0 Å². The van der Waals surface area contributed by atoms with Gasteiger partial charge in [-0.05, 0) is 23.0 Å². The largest absolute Gasteiger partial charge is 0.392 e. The van der Waals surface area contributed by atoms with Crippen LogP contribution in [0.5, 0.6) is 0 Å². The average molecular weight is 246 g/mol. The Balaban J connectivity index is 2.39. The van der Waals surface area contributed by atoms with E-state index in [2.05, 4.69) is 31.3 Å². The highest BCUT2D eigenvalue weighted by molar-refractivity contribution is 5.22. The van der Waals surface area contributed by atoms with E-state index in [1.165, 1.54) is 5.56 Å². The summed E-state index contributed by atoms with van der Waals surface area (Å²) in [7, 11) is 0. The van der Waals surface area contributed by atoms with Crippen LogP contribution in [0.2, 0.25) is 0 Å². The quantitative estimate of drug-likeness (QED) is 0.777. The first-order chi connectivity index (χ1) is 8.57. The summed E-state index contributed by atoms with van der Waals surface area (Å²) in [4.78, 5) is 0. The van der Waals surface area contributed by atoms with E-state index in [9.17, 15) is 0 Å². The Morgan fingerprint density at radius 1 is 1.33 bits per heavy atom. The highest BCUT2D eigenvalue weighted by atomic mass is 16.3. The molecule has 1 rings (SSSR count). The molecule has 0 unspecified atom stereocenters. The van der Waals surface area contributed by atoms with Crippen LogP contribution in [0.4, 0.5) is 0 Å². The third-order valence-electron chi connectivity index (χ3n) is 3.02. The number of hydrogen-bond donors (Lipinski definition) is 2. The lowest BCUT2D eigenvalue weighted by molar-refractivity contribution is 0.281. The van der Waals surface area contributed by atoms with Gasteiger partial charge in [-0.1, -0.05) is 38.1 Å². The number of nitrogens with zero attached hydrogens (tertiary/aromatic N) is 1. The molecule has 0 aromatic heterocycles. The second kappa shape index (κ2) is 7.15. The van der Waals surface area contributed by atoms with E-state index < -0.39 is 0 Å². The molecule has 0 radical (unpaired) electrons. The minimum Gasteiger partial charge on any atom is -0.392 e. The zero-order valence-electron chi connectivity index (χ0n) is 11.2. The first kappa shape index (κ1) is 14.7. The predicted octanol–water partition coefficient (Wildman–Crippen LogP) is 2.60. The number of rotatable bonds is 7. The third-order valence-corrected chi connectivity index (χ3v) is 3.02. The van der Waals surface area contributed by atoms with Gasteiger partial charge in [-0.3, -0.25) is 0 Å². The van der Waals surface area contributed by atoms with Crippen LogP contribution < -0.4 is 5.32 Å². The molecule has 1 aromatic rings. The van der Waals surface area contributed by atoms with Gasteiger partial charge in [0.2, 0.25) is 0 Å². The summed E-state index contributed by atoms with van der Waals surface area (Å²) < 4.78 is 0. The van der Waals surface area contributed by atoms with Crippen molar-refractivity contribution in [3.63, 3.8) is 0 Å². The van der Waals surface area contributed by atoms with E-state index in [1.807, 2.05) is 18.2 Å². The van der Waals surface area contributed by atoms with Crippen molar-refractivity contribution in [1.29, 1.82) is 5.26 Å². The fourth-order valence-electron chi connectivity index (χ4n) is 1.87. The van der Waals surface area contributed by atoms with Crippen LogP contribution in [0.3, 0.4) is 0 Å². The van der Waals surface area contributed by atoms with Gasteiger partial charge in [0.05, 0.1) is 12.7 Å². The Hall–Kier alpha value is -1.37. The Labute approximate surface area is 109 Å². The van der Waals surface area contributed by atoms with Crippen LogP contribution in [-0.2, 0) is 13.2 Å². The molecule has 0 heterocycles. The van der Waals surface area contributed by atoms with E-state index >= 15 is 0 Å². The summed E-state index contributed by atoms with van der Waals surface area (Å²) in [5, 5.41) is 21.1.